The van der Waals surface area contributed by atoms with Crippen LogP contribution in [0, 0.1) is 6.92 Å². The SMILES string of the molecule is Cc1ccc(S(=O)(=O)N2C(c3cccc(Br)c3)CC=C(C(=O)O)C2c2cccc(Br)c2)cc1. The lowest BCUT2D eigenvalue weighted by molar-refractivity contribution is -0.133. The number of nitrogens with zero attached hydrogens (tertiary/aromatic N) is 1. The second-order valence-corrected chi connectivity index (χ2v) is 11.6. The monoisotopic (exact) mass is 589 g/mol. The lowest BCUT2D eigenvalue weighted by Crippen LogP contribution is -2.42. The number of benzene rings is 3. The Morgan fingerprint density at radius 2 is 1.52 bits per heavy atom. The molecule has 0 saturated carbocycles. The van der Waals surface area contributed by atoms with E-state index in [4.69, 9.17) is 0 Å². The smallest absolute Gasteiger partial charge is 0.333 e. The third-order valence-corrected chi connectivity index (χ3v) is 8.53. The van der Waals surface area contributed by atoms with Gasteiger partial charge in [0.25, 0.3) is 0 Å². The highest BCUT2D eigenvalue weighted by molar-refractivity contribution is 9.10. The molecule has 2 atom stereocenters. The van der Waals surface area contributed by atoms with Gasteiger partial charge in [0.2, 0.25) is 10.0 Å². The van der Waals surface area contributed by atoms with Crippen molar-refractivity contribution in [3.63, 3.8) is 0 Å². The molecule has 4 rings (SSSR count). The molecule has 0 bridgehead atoms. The molecular weight excluding hydrogens is 570 g/mol. The van der Waals surface area contributed by atoms with Gasteiger partial charge in [-0.25, -0.2) is 13.2 Å². The standard InChI is InChI=1S/C25H21Br2NO4S/c1-16-8-10-21(11-9-16)33(31,32)28-23(17-4-2-6-19(26)14-17)13-12-22(25(29)30)24(28)18-5-3-7-20(27)15-18/h2-12,14-15,23-24H,13H2,1H3,(H,29,30). The predicted octanol–water partition coefficient (Wildman–Crippen LogP) is 6.41. The van der Waals surface area contributed by atoms with Crippen LogP contribution in [0.25, 0.3) is 0 Å². The highest BCUT2D eigenvalue weighted by atomic mass is 79.9. The minimum Gasteiger partial charge on any atom is -0.478 e. The molecule has 0 spiro atoms. The molecule has 0 radical (unpaired) electrons. The van der Waals surface area contributed by atoms with E-state index in [9.17, 15) is 18.3 Å². The topological polar surface area (TPSA) is 74.7 Å². The van der Waals surface area contributed by atoms with Crippen molar-refractivity contribution in [3.8, 4) is 0 Å². The van der Waals surface area contributed by atoms with Gasteiger partial charge in [0.15, 0.2) is 0 Å². The van der Waals surface area contributed by atoms with Gasteiger partial charge in [-0.15, -0.1) is 0 Å². The van der Waals surface area contributed by atoms with Crippen LogP contribution in [0.15, 0.2) is 98.3 Å². The molecule has 3 aromatic rings. The van der Waals surface area contributed by atoms with Crippen molar-refractivity contribution in [2.45, 2.75) is 30.3 Å². The van der Waals surface area contributed by atoms with Crippen molar-refractivity contribution < 1.29 is 18.3 Å². The van der Waals surface area contributed by atoms with E-state index in [0.29, 0.717) is 5.56 Å². The number of carbonyl (C=O) groups is 1. The molecule has 0 aliphatic carbocycles. The molecular formula is C25H21Br2NO4S. The maximum absolute atomic E-state index is 14.1. The highest BCUT2D eigenvalue weighted by Crippen LogP contribution is 2.46. The van der Waals surface area contributed by atoms with Gasteiger partial charge in [-0.3, -0.25) is 0 Å². The fraction of sp³-hybridized carbons (Fsp3) is 0.160. The number of halogens is 2. The molecule has 2 unspecified atom stereocenters. The second kappa shape index (κ2) is 9.54. The fourth-order valence-corrected chi connectivity index (χ4v) is 6.73. The van der Waals surface area contributed by atoms with E-state index in [-0.39, 0.29) is 16.9 Å². The lowest BCUT2D eigenvalue weighted by atomic mass is 9.89. The first kappa shape index (κ1) is 23.9. The summed E-state index contributed by atoms with van der Waals surface area (Å²) in [6.45, 7) is 1.89. The summed E-state index contributed by atoms with van der Waals surface area (Å²) in [5.41, 5.74) is 2.33. The largest absolute Gasteiger partial charge is 0.478 e. The van der Waals surface area contributed by atoms with E-state index in [0.717, 1.165) is 20.1 Å². The molecule has 170 valence electrons. The number of aryl methyl sites for hydroxylation is 1. The first-order chi connectivity index (χ1) is 15.7. The normalized spacial score (nSPS) is 19.2. The Bertz CT molecular complexity index is 1340. The first-order valence-electron chi connectivity index (χ1n) is 10.2. The molecule has 1 aliphatic heterocycles. The summed E-state index contributed by atoms with van der Waals surface area (Å²) in [7, 11) is -4.07. The van der Waals surface area contributed by atoms with Gasteiger partial charge in [-0.2, -0.15) is 4.31 Å². The van der Waals surface area contributed by atoms with Gasteiger partial charge < -0.3 is 5.11 Å². The van der Waals surface area contributed by atoms with Crippen LogP contribution >= 0.6 is 31.9 Å². The predicted molar refractivity (Wildman–Crippen MR) is 134 cm³/mol. The van der Waals surface area contributed by atoms with Gasteiger partial charge in [0.1, 0.15) is 0 Å². The van der Waals surface area contributed by atoms with E-state index in [1.165, 1.54) is 4.31 Å². The summed E-state index contributed by atoms with van der Waals surface area (Å²) < 4.78 is 31.1. The quantitative estimate of drug-likeness (QED) is 0.373. The van der Waals surface area contributed by atoms with E-state index in [1.54, 1.807) is 48.5 Å². The van der Waals surface area contributed by atoms with Crippen LogP contribution in [0.4, 0.5) is 0 Å². The highest BCUT2D eigenvalue weighted by Gasteiger charge is 2.44. The molecule has 3 aromatic carbocycles. The van der Waals surface area contributed by atoms with Crippen molar-refractivity contribution >= 4 is 47.9 Å². The molecule has 5 nitrogen and oxygen atoms in total. The summed E-state index contributed by atoms with van der Waals surface area (Å²) in [5.74, 6) is -1.14. The molecule has 0 amide bonds. The van der Waals surface area contributed by atoms with Gasteiger partial charge in [-0.05, 0) is 60.9 Å². The zero-order chi connectivity index (χ0) is 23.8. The maximum atomic E-state index is 14.1. The number of hydrogen-bond donors (Lipinski definition) is 1. The Kier molecular flexibility index (Phi) is 6.91. The Hall–Kier alpha value is -2.26. The molecule has 33 heavy (non-hydrogen) atoms. The van der Waals surface area contributed by atoms with Crippen LogP contribution in [-0.2, 0) is 14.8 Å². The van der Waals surface area contributed by atoms with Gasteiger partial charge in [-0.1, -0.05) is 79.9 Å². The third kappa shape index (κ3) is 4.84. The van der Waals surface area contributed by atoms with E-state index in [2.05, 4.69) is 31.9 Å². The minimum atomic E-state index is -4.07. The van der Waals surface area contributed by atoms with E-state index < -0.39 is 28.1 Å². The third-order valence-electron chi connectivity index (χ3n) is 5.66. The van der Waals surface area contributed by atoms with Crippen molar-refractivity contribution in [3.05, 3.63) is 110 Å². The molecule has 0 saturated heterocycles. The van der Waals surface area contributed by atoms with E-state index in [1.807, 2.05) is 37.3 Å². The van der Waals surface area contributed by atoms with Gasteiger partial charge >= 0.3 is 5.97 Å². The van der Waals surface area contributed by atoms with Crippen LogP contribution in [0.1, 0.15) is 35.2 Å². The second-order valence-electron chi connectivity index (χ2n) is 7.88. The number of sulfonamides is 1. The fourth-order valence-electron chi connectivity index (χ4n) is 4.11. The van der Waals surface area contributed by atoms with Crippen LogP contribution in [0.5, 0.6) is 0 Å². The summed E-state index contributed by atoms with van der Waals surface area (Å²) in [6, 6.07) is 19.6. The molecule has 8 heteroatoms. The van der Waals surface area contributed by atoms with Gasteiger partial charge in [0.05, 0.1) is 22.6 Å². The minimum absolute atomic E-state index is 0.0371. The summed E-state index contributed by atoms with van der Waals surface area (Å²) in [6.07, 6.45) is 1.88. The molecule has 1 aliphatic rings. The molecule has 1 heterocycles. The molecule has 0 fully saturated rings. The Morgan fingerprint density at radius 3 is 2.09 bits per heavy atom. The first-order valence-corrected chi connectivity index (χ1v) is 13.3. The summed E-state index contributed by atoms with van der Waals surface area (Å²) in [4.78, 5) is 12.4. The number of carboxylic acid groups (broad SMARTS) is 1. The molecule has 0 aromatic heterocycles. The van der Waals surface area contributed by atoms with Crippen molar-refractivity contribution in [1.29, 1.82) is 0 Å². The maximum Gasteiger partial charge on any atom is 0.333 e. The van der Waals surface area contributed by atoms with Crippen LogP contribution in [0.2, 0.25) is 0 Å². The average molecular weight is 591 g/mol. The van der Waals surface area contributed by atoms with Gasteiger partial charge in [0, 0.05) is 8.95 Å². The van der Waals surface area contributed by atoms with Crippen molar-refractivity contribution in [1.82, 2.24) is 4.31 Å². The molecule has 1 N–H and O–H groups in total. The Labute approximate surface area is 210 Å². The Balaban J connectivity index is 1.98. The lowest BCUT2D eigenvalue weighted by Gasteiger charge is -2.40. The Morgan fingerprint density at radius 1 is 0.939 bits per heavy atom. The number of hydrogen-bond acceptors (Lipinski definition) is 3. The number of carboxylic acids is 1. The van der Waals surface area contributed by atoms with Crippen molar-refractivity contribution in [2.75, 3.05) is 0 Å². The van der Waals surface area contributed by atoms with Crippen LogP contribution in [0.3, 0.4) is 0 Å². The van der Waals surface area contributed by atoms with Crippen molar-refractivity contribution in [2.24, 2.45) is 0 Å². The zero-order valence-corrected chi connectivity index (χ0v) is 21.6. The zero-order valence-electron chi connectivity index (χ0n) is 17.7. The summed E-state index contributed by atoms with van der Waals surface area (Å²) in [5, 5.41) is 10.0. The average Bonchev–Trinajstić information content (AvgIpc) is 2.78. The number of aliphatic carboxylic acids is 1. The summed E-state index contributed by atoms with van der Waals surface area (Å²) >= 11 is 6.91. The van der Waals surface area contributed by atoms with Crippen LogP contribution in [-0.4, -0.2) is 23.8 Å². The number of rotatable bonds is 5. The van der Waals surface area contributed by atoms with E-state index >= 15 is 0 Å². The van der Waals surface area contributed by atoms with Crippen LogP contribution < -0.4 is 0 Å².